The molecule has 1 fully saturated rings. The van der Waals surface area contributed by atoms with Crippen molar-refractivity contribution in [3.8, 4) is 33.8 Å². The van der Waals surface area contributed by atoms with E-state index in [0.717, 1.165) is 41.3 Å². The molecule has 0 atom stereocenters. The summed E-state index contributed by atoms with van der Waals surface area (Å²) in [6.07, 6.45) is 6.23. The Bertz CT molecular complexity index is 1570. The Hall–Kier alpha value is -4.07. The van der Waals surface area contributed by atoms with Crippen LogP contribution in [0.5, 0.6) is 0 Å². The maximum atomic E-state index is 14.8. The van der Waals surface area contributed by atoms with E-state index in [1.165, 1.54) is 12.1 Å². The number of aryl methyl sites for hydroxylation is 2. The molecular weight excluding hydrogens is 434 g/mol. The van der Waals surface area contributed by atoms with Crippen LogP contribution in [0.25, 0.3) is 44.9 Å². The van der Waals surface area contributed by atoms with E-state index >= 15 is 0 Å². The van der Waals surface area contributed by atoms with Gasteiger partial charge in [-0.2, -0.15) is 5.10 Å². The zero-order chi connectivity index (χ0) is 23.4. The average molecular weight is 454 g/mol. The number of aromatic nitrogens is 6. The highest BCUT2D eigenvalue weighted by molar-refractivity contribution is 5.89. The van der Waals surface area contributed by atoms with Crippen molar-refractivity contribution in [2.45, 2.75) is 32.7 Å². The topological polar surface area (TPSA) is 69.4 Å². The number of hydrogen-bond donors (Lipinski definition) is 0. The van der Waals surface area contributed by atoms with E-state index in [-0.39, 0.29) is 11.3 Å². The van der Waals surface area contributed by atoms with Crippen molar-refractivity contribution in [2.24, 2.45) is 0 Å². The molecule has 0 aliphatic heterocycles. The maximum absolute atomic E-state index is 14.8. The summed E-state index contributed by atoms with van der Waals surface area (Å²) in [6.45, 7) is 3.67. The first-order chi connectivity index (χ1) is 16.5. The Balaban J connectivity index is 1.53. The number of hydrogen-bond acceptors (Lipinski definition) is 5. The molecule has 0 saturated heterocycles. The molecule has 6 nitrogen and oxygen atoms in total. The highest BCUT2D eigenvalue weighted by Crippen LogP contribution is 2.36. The summed E-state index contributed by atoms with van der Waals surface area (Å²) in [6, 6.07) is 11.7. The van der Waals surface area contributed by atoms with Crippen molar-refractivity contribution in [3.63, 3.8) is 0 Å². The summed E-state index contributed by atoms with van der Waals surface area (Å²) in [5, 5.41) is 4.48. The van der Waals surface area contributed by atoms with Crippen LogP contribution in [0.4, 0.5) is 8.78 Å². The van der Waals surface area contributed by atoms with Crippen LogP contribution < -0.4 is 0 Å². The lowest BCUT2D eigenvalue weighted by Gasteiger charge is -2.11. The van der Waals surface area contributed by atoms with Crippen LogP contribution >= 0.6 is 0 Å². The van der Waals surface area contributed by atoms with Gasteiger partial charge in [-0.25, -0.2) is 28.7 Å². The van der Waals surface area contributed by atoms with E-state index in [9.17, 15) is 8.78 Å². The predicted molar refractivity (Wildman–Crippen MR) is 125 cm³/mol. The largest absolute Gasteiger partial charge is 0.269 e. The van der Waals surface area contributed by atoms with Crippen LogP contribution in [0.1, 0.15) is 30.3 Å². The fourth-order valence-corrected chi connectivity index (χ4v) is 3.97. The second-order valence-corrected chi connectivity index (χ2v) is 8.61. The fraction of sp³-hybridized carbons (Fsp3) is 0.192. The van der Waals surface area contributed by atoms with Gasteiger partial charge in [-0.05, 0) is 50.5 Å². The molecule has 0 amide bonds. The third-order valence-electron chi connectivity index (χ3n) is 6.11. The molecule has 3 heterocycles. The molecule has 1 saturated carbocycles. The van der Waals surface area contributed by atoms with E-state index in [1.807, 2.05) is 49.0 Å². The smallest absolute Gasteiger partial charge is 0.182 e. The van der Waals surface area contributed by atoms with Crippen molar-refractivity contribution in [3.05, 3.63) is 77.9 Å². The lowest BCUT2D eigenvalue weighted by atomic mass is 10.0. The molecule has 34 heavy (non-hydrogen) atoms. The lowest BCUT2D eigenvalue weighted by molar-refractivity contribution is 0.585. The van der Waals surface area contributed by atoms with Crippen molar-refractivity contribution in [1.29, 1.82) is 0 Å². The molecule has 0 bridgehead atoms. The monoisotopic (exact) mass is 454 g/mol. The number of halogens is 2. The zero-order valence-corrected chi connectivity index (χ0v) is 18.6. The first kappa shape index (κ1) is 20.5. The van der Waals surface area contributed by atoms with Crippen LogP contribution in [0.3, 0.4) is 0 Å². The Morgan fingerprint density at radius 3 is 2.44 bits per heavy atom. The van der Waals surface area contributed by atoms with Gasteiger partial charge >= 0.3 is 0 Å². The van der Waals surface area contributed by atoms with Crippen LogP contribution in [0.15, 0.2) is 54.9 Å². The van der Waals surface area contributed by atoms with E-state index in [1.54, 1.807) is 0 Å². The second-order valence-electron chi connectivity index (χ2n) is 8.61. The minimum absolute atomic E-state index is 0.148. The summed E-state index contributed by atoms with van der Waals surface area (Å²) in [7, 11) is 0. The van der Waals surface area contributed by atoms with Gasteiger partial charge in [0, 0.05) is 29.0 Å². The number of benzene rings is 2. The summed E-state index contributed by atoms with van der Waals surface area (Å²) < 4.78 is 30.4. The number of fused-ring (bicyclic) bond motifs is 1. The first-order valence-corrected chi connectivity index (χ1v) is 11.1. The summed E-state index contributed by atoms with van der Waals surface area (Å²) in [5.74, 6) is -0.982. The van der Waals surface area contributed by atoms with Gasteiger partial charge in [0.05, 0.1) is 23.6 Å². The normalized spacial score (nSPS) is 13.5. The molecule has 0 unspecified atom stereocenters. The van der Waals surface area contributed by atoms with E-state index < -0.39 is 11.6 Å². The highest BCUT2D eigenvalue weighted by Gasteiger charge is 2.24. The van der Waals surface area contributed by atoms with Crippen molar-refractivity contribution >= 4 is 11.2 Å². The van der Waals surface area contributed by atoms with Crippen LogP contribution in [-0.4, -0.2) is 29.7 Å². The molecule has 1 aliphatic carbocycles. The summed E-state index contributed by atoms with van der Waals surface area (Å²) in [5.41, 5.74) is 5.32. The van der Waals surface area contributed by atoms with Gasteiger partial charge in [0.1, 0.15) is 22.8 Å². The molecule has 0 spiro atoms. The van der Waals surface area contributed by atoms with Gasteiger partial charge in [0.25, 0.3) is 0 Å². The highest BCUT2D eigenvalue weighted by atomic mass is 19.1. The van der Waals surface area contributed by atoms with Crippen LogP contribution in [0, 0.1) is 25.5 Å². The Morgan fingerprint density at radius 2 is 1.65 bits per heavy atom. The molecule has 0 N–H and O–H groups in total. The zero-order valence-electron chi connectivity index (χ0n) is 18.6. The van der Waals surface area contributed by atoms with Gasteiger partial charge in [-0.15, -0.1) is 0 Å². The Labute approximate surface area is 194 Å². The molecule has 6 rings (SSSR count). The van der Waals surface area contributed by atoms with E-state index in [0.29, 0.717) is 28.7 Å². The van der Waals surface area contributed by atoms with Gasteiger partial charge in [0.2, 0.25) is 0 Å². The van der Waals surface area contributed by atoms with Crippen molar-refractivity contribution in [2.75, 3.05) is 0 Å². The predicted octanol–water partition coefficient (Wildman–Crippen LogP) is 5.85. The minimum atomic E-state index is -0.716. The third kappa shape index (κ3) is 3.61. The average Bonchev–Trinajstić information content (AvgIpc) is 3.56. The van der Waals surface area contributed by atoms with Gasteiger partial charge in [-0.1, -0.05) is 18.2 Å². The maximum Gasteiger partial charge on any atom is 0.182 e. The third-order valence-corrected chi connectivity index (χ3v) is 6.11. The molecule has 3 aromatic heterocycles. The summed E-state index contributed by atoms with van der Waals surface area (Å²) >= 11 is 0. The van der Waals surface area contributed by atoms with E-state index in [4.69, 9.17) is 0 Å². The van der Waals surface area contributed by atoms with Crippen molar-refractivity contribution in [1.82, 2.24) is 29.7 Å². The van der Waals surface area contributed by atoms with Gasteiger partial charge in [-0.3, -0.25) is 4.68 Å². The molecule has 0 radical (unpaired) electrons. The number of rotatable bonds is 4. The Morgan fingerprint density at radius 1 is 0.853 bits per heavy atom. The van der Waals surface area contributed by atoms with Crippen molar-refractivity contribution < 1.29 is 8.78 Å². The SMILES string of the molecule is Cc1nc2nc(-c3cccc(-c4cnn(C5CC5)c4)c3)nc(-c3ccc(F)cc3F)c2nc1C. The van der Waals surface area contributed by atoms with Crippen LogP contribution in [0.2, 0.25) is 0 Å². The Kier molecular flexibility index (Phi) is 4.69. The molecule has 2 aromatic carbocycles. The number of nitrogens with zero attached hydrogens (tertiary/aromatic N) is 6. The standard InChI is InChI=1S/C26H20F2N6/c1-14-15(2)31-26-24(30-14)23(21-9-6-19(27)11-22(21)28)32-25(33-26)17-5-3-4-16(10-17)18-12-29-34(13-18)20-7-8-20/h3-6,9-13,20H,7-8H2,1-2H3. The second kappa shape index (κ2) is 7.76. The quantitative estimate of drug-likeness (QED) is 0.341. The molecule has 168 valence electrons. The van der Waals surface area contributed by atoms with E-state index in [2.05, 4.69) is 31.2 Å². The molecule has 1 aliphatic rings. The minimum Gasteiger partial charge on any atom is -0.269 e. The summed E-state index contributed by atoms with van der Waals surface area (Å²) in [4.78, 5) is 18.5. The van der Waals surface area contributed by atoms with Crippen LogP contribution in [-0.2, 0) is 0 Å². The first-order valence-electron chi connectivity index (χ1n) is 11.1. The molecule has 5 aromatic rings. The lowest BCUT2D eigenvalue weighted by Crippen LogP contribution is -2.03. The molecular formula is C26H20F2N6. The van der Waals surface area contributed by atoms with Gasteiger partial charge < -0.3 is 0 Å². The van der Waals surface area contributed by atoms with Gasteiger partial charge in [0.15, 0.2) is 11.5 Å². The fourth-order valence-electron chi connectivity index (χ4n) is 3.97. The molecule has 8 heteroatoms.